The zero-order valence-corrected chi connectivity index (χ0v) is 15.4. The Morgan fingerprint density at radius 1 is 0.885 bits per heavy atom. The van der Waals surface area contributed by atoms with Crippen LogP contribution in [0.3, 0.4) is 0 Å². The molecule has 1 heterocycles. The number of aryl methyl sites for hydroxylation is 2. The molecule has 0 amide bonds. The maximum Gasteiger partial charge on any atom is 0.140 e. The van der Waals surface area contributed by atoms with Gasteiger partial charge in [-0.2, -0.15) is 5.26 Å². The van der Waals surface area contributed by atoms with Gasteiger partial charge in [-0.3, -0.25) is 0 Å². The van der Waals surface area contributed by atoms with E-state index >= 15 is 0 Å². The summed E-state index contributed by atoms with van der Waals surface area (Å²) in [5.41, 5.74) is 3.90. The zero-order chi connectivity index (χ0) is 18.5. The van der Waals surface area contributed by atoms with Gasteiger partial charge in [0.05, 0.1) is 0 Å². The lowest BCUT2D eigenvalue weighted by Gasteiger charge is -2.11. The van der Waals surface area contributed by atoms with Crippen molar-refractivity contribution in [3.05, 3.63) is 98.5 Å². The number of aromatic nitrogens is 1. The topological polar surface area (TPSA) is 36.7 Å². The van der Waals surface area contributed by atoms with E-state index in [1.54, 1.807) is 18.2 Å². The summed E-state index contributed by atoms with van der Waals surface area (Å²) in [7, 11) is 0. The molecule has 0 N–H and O–H groups in total. The third-order valence-electron chi connectivity index (χ3n) is 4.14. The van der Waals surface area contributed by atoms with E-state index < -0.39 is 0 Å². The summed E-state index contributed by atoms with van der Waals surface area (Å²) < 4.78 is 14.0. The number of hydrogen-bond acceptors (Lipinski definition) is 2. The minimum absolute atomic E-state index is 0.295. The number of nitrogens with zero attached hydrogens (tertiary/aromatic N) is 2. The van der Waals surface area contributed by atoms with Crippen molar-refractivity contribution in [3.8, 4) is 6.07 Å². The minimum atomic E-state index is -0.295. The fraction of sp³-hybridized carbons (Fsp3) is 0.143. The van der Waals surface area contributed by atoms with Gasteiger partial charge < -0.3 is 0 Å². The molecule has 0 bridgehead atoms. The van der Waals surface area contributed by atoms with Gasteiger partial charge in [0.2, 0.25) is 0 Å². The van der Waals surface area contributed by atoms with E-state index in [0.717, 1.165) is 16.8 Å². The standard InChI is InChI=1S/C21H15Cl2FN2/c22-17-8-6-14(4-5-15-7-9-18(23)12-21(15)24)16(10-17)11-19-2-1-3-20(13-25)26-19/h1-3,6-10,12H,4-5,11H2. The molecule has 130 valence electrons. The Hall–Kier alpha value is -2.41. The molecule has 0 atom stereocenters. The van der Waals surface area contributed by atoms with Crippen molar-refractivity contribution in [1.29, 1.82) is 5.26 Å². The van der Waals surface area contributed by atoms with Crippen LogP contribution in [-0.4, -0.2) is 4.98 Å². The van der Waals surface area contributed by atoms with Crippen LogP contribution in [0.1, 0.15) is 28.1 Å². The number of pyridine rings is 1. The second-order valence-electron chi connectivity index (χ2n) is 5.95. The highest BCUT2D eigenvalue weighted by atomic mass is 35.5. The summed E-state index contributed by atoms with van der Waals surface area (Å²) in [4.78, 5) is 4.32. The van der Waals surface area contributed by atoms with E-state index in [0.29, 0.717) is 40.6 Å². The molecule has 0 radical (unpaired) electrons. The largest absolute Gasteiger partial charge is 0.242 e. The highest BCUT2D eigenvalue weighted by molar-refractivity contribution is 6.30. The molecule has 0 aliphatic carbocycles. The number of rotatable bonds is 5. The van der Waals surface area contributed by atoms with Crippen LogP contribution in [0, 0.1) is 17.1 Å². The minimum Gasteiger partial charge on any atom is -0.242 e. The molecule has 3 aromatic rings. The average molecular weight is 385 g/mol. The normalized spacial score (nSPS) is 10.5. The zero-order valence-electron chi connectivity index (χ0n) is 13.8. The predicted molar refractivity (Wildman–Crippen MR) is 102 cm³/mol. The van der Waals surface area contributed by atoms with Gasteiger partial charge >= 0.3 is 0 Å². The Morgan fingerprint density at radius 2 is 1.58 bits per heavy atom. The Labute approximate surface area is 161 Å². The van der Waals surface area contributed by atoms with Gasteiger partial charge in [0.25, 0.3) is 0 Å². The second-order valence-corrected chi connectivity index (χ2v) is 6.82. The first kappa shape index (κ1) is 18.4. The molecule has 0 aliphatic heterocycles. The van der Waals surface area contributed by atoms with Crippen LogP contribution in [-0.2, 0) is 19.3 Å². The summed E-state index contributed by atoms with van der Waals surface area (Å²) in [5, 5.41) is 10.0. The van der Waals surface area contributed by atoms with E-state index in [-0.39, 0.29) is 5.82 Å². The van der Waals surface area contributed by atoms with Gasteiger partial charge in [-0.05, 0) is 65.9 Å². The van der Waals surface area contributed by atoms with Gasteiger partial charge in [-0.1, -0.05) is 41.4 Å². The van der Waals surface area contributed by atoms with Gasteiger partial charge in [0.15, 0.2) is 0 Å². The summed E-state index contributed by atoms with van der Waals surface area (Å²) in [6.45, 7) is 0. The second kappa shape index (κ2) is 8.31. The number of halogens is 3. The van der Waals surface area contributed by atoms with Crippen molar-refractivity contribution < 1.29 is 4.39 Å². The van der Waals surface area contributed by atoms with Gasteiger partial charge in [-0.15, -0.1) is 0 Å². The van der Waals surface area contributed by atoms with Crippen molar-refractivity contribution >= 4 is 23.2 Å². The summed E-state index contributed by atoms with van der Waals surface area (Å²) in [5.74, 6) is -0.295. The van der Waals surface area contributed by atoms with Gasteiger partial charge in [0, 0.05) is 22.2 Å². The van der Waals surface area contributed by atoms with Crippen molar-refractivity contribution in [1.82, 2.24) is 4.98 Å². The maximum atomic E-state index is 14.0. The van der Waals surface area contributed by atoms with Crippen LogP contribution < -0.4 is 0 Å². The molecule has 26 heavy (non-hydrogen) atoms. The summed E-state index contributed by atoms with van der Waals surface area (Å²) in [6, 6.07) is 17.8. The third-order valence-corrected chi connectivity index (χ3v) is 4.61. The third kappa shape index (κ3) is 4.60. The Kier molecular flexibility index (Phi) is 5.88. The van der Waals surface area contributed by atoms with Crippen LogP contribution in [0.4, 0.5) is 4.39 Å². The van der Waals surface area contributed by atoms with E-state index in [2.05, 4.69) is 4.98 Å². The molecule has 0 aliphatic rings. The van der Waals surface area contributed by atoms with Crippen LogP contribution in [0.15, 0.2) is 54.6 Å². The maximum absolute atomic E-state index is 14.0. The summed E-state index contributed by atoms with van der Waals surface area (Å²) >= 11 is 12.0. The lowest BCUT2D eigenvalue weighted by atomic mass is 9.96. The lowest BCUT2D eigenvalue weighted by Crippen LogP contribution is -2.01. The number of benzene rings is 2. The van der Waals surface area contributed by atoms with Crippen LogP contribution in [0.5, 0.6) is 0 Å². The van der Waals surface area contributed by atoms with Crippen LogP contribution >= 0.6 is 23.2 Å². The Bertz CT molecular complexity index is 980. The lowest BCUT2D eigenvalue weighted by molar-refractivity contribution is 0.608. The molecule has 3 rings (SSSR count). The van der Waals surface area contributed by atoms with Gasteiger partial charge in [0.1, 0.15) is 17.6 Å². The Balaban J connectivity index is 1.82. The Morgan fingerprint density at radius 3 is 2.31 bits per heavy atom. The van der Waals surface area contributed by atoms with Crippen molar-refractivity contribution in [3.63, 3.8) is 0 Å². The molecule has 5 heteroatoms. The molecule has 1 aromatic heterocycles. The quantitative estimate of drug-likeness (QED) is 0.559. The van der Waals surface area contributed by atoms with Crippen LogP contribution in [0.25, 0.3) is 0 Å². The van der Waals surface area contributed by atoms with E-state index in [1.807, 2.05) is 36.4 Å². The van der Waals surface area contributed by atoms with Crippen LogP contribution in [0.2, 0.25) is 10.0 Å². The highest BCUT2D eigenvalue weighted by Crippen LogP contribution is 2.22. The SMILES string of the molecule is N#Cc1cccc(Cc2cc(Cl)ccc2CCc2ccc(Cl)cc2F)n1. The fourth-order valence-electron chi connectivity index (χ4n) is 2.83. The molecule has 0 saturated heterocycles. The number of nitriles is 1. The molecule has 0 fully saturated rings. The molecule has 0 saturated carbocycles. The van der Waals surface area contributed by atoms with Crippen molar-refractivity contribution in [2.24, 2.45) is 0 Å². The van der Waals surface area contributed by atoms with E-state index in [4.69, 9.17) is 28.5 Å². The highest BCUT2D eigenvalue weighted by Gasteiger charge is 2.09. The smallest absolute Gasteiger partial charge is 0.140 e. The first-order chi connectivity index (χ1) is 12.5. The van der Waals surface area contributed by atoms with E-state index in [1.165, 1.54) is 6.07 Å². The van der Waals surface area contributed by atoms with Gasteiger partial charge in [-0.25, -0.2) is 9.37 Å². The van der Waals surface area contributed by atoms with Crippen molar-refractivity contribution in [2.75, 3.05) is 0 Å². The van der Waals surface area contributed by atoms with E-state index in [9.17, 15) is 4.39 Å². The first-order valence-corrected chi connectivity index (χ1v) is 8.88. The molecule has 0 spiro atoms. The average Bonchev–Trinajstić information content (AvgIpc) is 2.62. The summed E-state index contributed by atoms with van der Waals surface area (Å²) in [6.07, 6.45) is 1.79. The molecule has 2 aromatic carbocycles. The fourth-order valence-corrected chi connectivity index (χ4v) is 3.19. The van der Waals surface area contributed by atoms with Crippen molar-refractivity contribution in [2.45, 2.75) is 19.3 Å². The number of hydrogen-bond donors (Lipinski definition) is 0. The monoisotopic (exact) mass is 384 g/mol. The predicted octanol–water partition coefficient (Wildman–Crippen LogP) is 5.78. The molecular weight excluding hydrogens is 370 g/mol. The molecular formula is C21H15Cl2FN2. The molecule has 0 unspecified atom stereocenters. The molecule has 2 nitrogen and oxygen atoms in total. The first-order valence-electron chi connectivity index (χ1n) is 8.12.